The monoisotopic (exact) mass is 319 g/mol. The van der Waals surface area contributed by atoms with Gasteiger partial charge in [0.15, 0.2) is 0 Å². The SMILES string of the molecule is O=C(CCOc1ccc(Br)cc1)Nc1ccccc1. The van der Waals surface area contributed by atoms with Crippen molar-refractivity contribution in [1.82, 2.24) is 0 Å². The van der Waals surface area contributed by atoms with E-state index in [9.17, 15) is 4.79 Å². The fourth-order valence-corrected chi connectivity index (χ4v) is 1.80. The summed E-state index contributed by atoms with van der Waals surface area (Å²) in [6.07, 6.45) is 0.324. The molecule has 0 atom stereocenters. The van der Waals surface area contributed by atoms with Gasteiger partial charge in [-0.15, -0.1) is 0 Å². The van der Waals surface area contributed by atoms with Crippen LogP contribution in [-0.2, 0) is 4.79 Å². The van der Waals surface area contributed by atoms with Crippen LogP contribution in [0.2, 0.25) is 0 Å². The molecule has 2 aromatic rings. The second-order valence-electron chi connectivity index (χ2n) is 3.97. The number of hydrogen-bond acceptors (Lipinski definition) is 2. The number of carbonyl (C=O) groups is 1. The molecule has 4 heteroatoms. The van der Waals surface area contributed by atoms with Crippen LogP contribution >= 0.6 is 15.9 Å². The summed E-state index contributed by atoms with van der Waals surface area (Å²) in [5.41, 5.74) is 0.802. The molecular formula is C15H14BrNO2. The molecule has 0 unspecified atom stereocenters. The molecule has 1 N–H and O–H groups in total. The third-order valence-corrected chi connectivity index (χ3v) is 3.00. The zero-order valence-corrected chi connectivity index (χ0v) is 11.9. The fraction of sp³-hybridized carbons (Fsp3) is 0.133. The largest absolute Gasteiger partial charge is 0.493 e. The molecule has 0 aliphatic heterocycles. The minimum absolute atomic E-state index is 0.0525. The number of halogens is 1. The zero-order valence-electron chi connectivity index (χ0n) is 10.3. The minimum Gasteiger partial charge on any atom is -0.493 e. The van der Waals surface area contributed by atoms with Crippen molar-refractivity contribution in [3.8, 4) is 5.75 Å². The first kappa shape index (κ1) is 13.6. The Morgan fingerprint density at radius 1 is 1.05 bits per heavy atom. The van der Waals surface area contributed by atoms with Gasteiger partial charge >= 0.3 is 0 Å². The molecule has 0 heterocycles. The molecule has 0 spiro atoms. The fourth-order valence-electron chi connectivity index (χ4n) is 1.54. The second kappa shape index (κ2) is 6.95. The van der Waals surface area contributed by atoms with Gasteiger partial charge in [-0.25, -0.2) is 0 Å². The van der Waals surface area contributed by atoms with Crippen LogP contribution in [0.4, 0.5) is 5.69 Å². The number of carbonyl (C=O) groups excluding carboxylic acids is 1. The van der Waals surface area contributed by atoms with Crippen LogP contribution in [0.1, 0.15) is 6.42 Å². The molecular weight excluding hydrogens is 306 g/mol. The van der Waals surface area contributed by atoms with Crippen molar-refractivity contribution in [1.29, 1.82) is 0 Å². The molecule has 0 saturated carbocycles. The number of anilines is 1. The lowest BCUT2D eigenvalue weighted by molar-refractivity contribution is -0.116. The van der Waals surface area contributed by atoms with Gasteiger partial charge in [-0.05, 0) is 36.4 Å². The second-order valence-corrected chi connectivity index (χ2v) is 4.88. The van der Waals surface area contributed by atoms with E-state index in [1.54, 1.807) is 0 Å². The maximum atomic E-state index is 11.7. The van der Waals surface area contributed by atoms with Gasteiger partial charge in [0.2, 0.25) is 5.91 Å². The summed E-state index contributed by atoms with van der Waals surface area (Å²) in [7, 11) is 0. The third-order valence-electron chi connectivity index (χ3n) is 2.47. The Bertz CT molecular complexity index is 526. The van der Waals surface area contributed by atoms with E-state index in [1.807, 2.05) is 54.6 Å². The van der Waals surface area contributed by atoms with Crippen molar-refractivity contribution < 1.29 is 9.53 Å². The van der Waals surface area contributed by atoms with Crippen LogP contribution in [0.25, 0.3) is 0 Å². The molecule has 2 aromatic carbocycles. The van der Waals surface area contributed by atoms with Gasteiger partial charge < -0.3 is 10.1 Å². The van der Waals surface area contributed by atoms with Crippen LogP contribution in [0, 0.1) is 0 Å². The highest BCUT2D eigenvalue weighted by Gasteiger charge is 2.02. The smallest absolute Gasteiger partial charge is 0.227 e. The minimum atomic E-state index is -0.0525. The number of rotatable bonds is 5. The average Bonchev–Trinajstić information content (AvgIpc) is 2.42. The van der Waals surface area contributed by atoms with E-state index in [0.717, 1.165) is 15.9 Å². The lowest BCUT2D eigenvalue weighted by atomic mass is 10.3. The third kappa shape index (κ3) is 4.75. The molecule has 0 aromatic heterocycles. The van der Waals surface area contributed by atoms with E-state index in [1.165, 1.54) is 0 Å². The predicted molar refractivity (Wildman–Crippen MR) is 79.3 cm³/mol. The Balaban J connectivity index is 1.74. The number of para-hydroxylation sites is 1. The maximum Gasteiger partial charge on any atom is 0.227 e. The Hall–Kier alpha value is -1.81. The first-order valence-corrected chi connectivity index (χ1v) is 6.76. The van der Waals surface area contributed by atoms with Crippen molar-refractivity contribution in [2.24, 2.45) is 0 Å². The van der Waals surface area contributed by atoms with Gasteiger partial charge in [0.25, 0.3) is 0 Å². The van der Waals surface area contributed by atoms with Crippen molar-refractivity contribution in [2.45, 2.75) is 6.42 Å². The average molecular weight is 320 g/mol. The van der Waals surface area contributed by atoms with Gasteiger partial charge in [0, 0.05) is 10.2 Å². The Kier molecular flexibility index (Phi) is 4.98. The predicted octanol–water partition coefficient (Wildman–Crippen LogP) is 3.86. The van der Waals surface area contributed by atoms with Crippen molar-refractivity contribution >= 4 is 27.5 Å². The van der Waals surface area contributed by atoms with E-state index < -0.39 is 0 Å². The van der Waals surface area contributed by atoms with Crippen LogP contribution in [0.15, 0.2) is 59.1 Å². The first-order chi connectivity index (χ1) is 9.24. The maximum absolute atomic E-state index is 11.7. The summed E-state index contributed by atoms with van der Waals surface area (Å²) in [5.74, 6) is 0.707. The van der Waals surface area contributed by atoms with E-state index in [4.69, 9.17) is 4.74 Å². The van der Waals surface area contributed by atoms with Gasteiger partial charge in [0.05, 0.1) is 13.0 Å². The lowest BCUT2D eigenvalue weighted by Gasteiger charge is -2.07. The van der Waals surface area contributed by atoms with Crippen LogP contribution in [-0.4, -0.2) is 12.5 Å². The zero-order chi connectivity index (χ0) is 13.5. The molecule has 0 radical (unpaired) electrons. The topological polar surface area (TPSA) is 38.3 Å². The number of amides is 1. The molecule has 0 bridgehead atoms. The summed E-state index contributed by atoms with van der Waals surface area (Å²) >= 11 is 3.35. The standard InChI is InChI=1S/C15H14BrNO2/c16-12-6-8-14(9-7-12)19-11-10-15(18)17-13-4-2-1-3-5-13/h1-9H,10-11H2,(H,17,18). The molecule has 0 aliphatic carbocycles. The first-order valence-electron chi connectivity index (χ1n) is 5.97. The quantitative estimate of drug-likeness (QED) is 0.908. The molecule has 98 valence electrons. The van der Waals surface area contributed by atoms with Crippen LogP contribution < -0.4 is 10.1 Å². The van der Waals surface area contributed by atoms with E-state index in [0.29, 0.717) is 13.0 Å². The molecule has 0 saturated heterocycles. The highest BCUT2D eigenvalue weighted by Crippen LogP contribution is 2.16. The highest BCUT2D eigenvalue weighted by molar-refractivity contribution is 9.10. The Morgan fingerprint density at radius 3 is 2.42 bits per heavy atom. The van der Waals surface area contributed by atoms with E-state index >= 15 is 0 Å². The molecule has 2 rings (SSSR count). The number of nitrogens with one attached hydrogen (secondary N) is 1. The molecule has 0 fully saturated rings. The summed E-state index contributed by atoms with van der Waals surface area (Å²) in [4.78, 5) is 11.7. The highest BCUT2D eigenvalue weighted by atomic mass is 79.9. The lowest BCUT2D eigenvalue weighted by Crippen LogP contribution is -2.15. The van der Waals surface area contributed by atoms with E-state index in [-0.39, 0.29) is 5.91 Å². The van der Waals surface area contributed by atoms with Gasteiger partial charge in [0.1, 0.15) is 5.75 Å². The number of hydrogen-bond donors (Lipinski definition) is 1. The number of ether oxygens (including phenoxy) is 1. The summed E-state index contributed by atoms with van der Waals surface area (Å²) < 4.78 is 6.49. The Morgan fingerprint density at radius 2 is 1.74 bits per heavy atom. The Labute approximate surface area is 120 Å². The van der Waals surface area contributed by atoms with Crippen molar-refractivity contribution in [3.63, 3.8) is 0 Å². The van der Waals surface area contributed by atoms with Crippen molar-refractivity contribution in [3.05, 3.63) is 59.1 Å². The normalized spacial score (nSPS) is 9.95. The summed E-state index contributed by atoms with van der Waals surface area (Å²) in [6.45, 7) is 0.361. The molecule has 3 nitrogen and oxygen atoms in total. The van der Waals surface area contributed by atoms with Gasteiger partial charge in [-0.1, -0.05) is 34.1 Å². The van der Waals surface area contributed by atoms with Gasteiger partial charge in [-0.3, -0.25) is 4.79 Å². The summed E-state index contributed by atoms with van der Waals surface area (Å²) in [5, 5.41) is 2.81. The van der Waals surface area contributed by atoms with Crippen LogP contribution in [0.3, 0.4) is 0 Å². The number of benzene rings is 2. The van der Waals surface area contributed by atoms with Crippen LogP contribution in [0.5, 0.6) is 5.75 Å². The van der Waals surface area contributed by atoms with Crippen molar-refractivity contribution in [2.75, 3.05) is 11.9 Å². The molecule has 1 amide bonds. The van der Waals surface area contributed by atoms with E-state index in [2.05, 4.69) is 21.2 Å². The molecule has 0 aliphatic rings. The van der Waals surface area contributed by atoms with Gasteiger partial charge in [-0.2, -0.15) is 0 Å². The molecule has 19 heavy (non-hydrogen) atoms. The summed E-state index contributed by atoms with van der Waals surface area (Å²) in [6, 6.07) is 16.9.